The van der Waals surface area contributed by atoms with Gasteiger partial charge in [-0.2, -0.15) is 0 Å². The lowest BCUT2D eigenvalue weighted by atomic mass is 10.0. The second kappa shape index (κ2) is 7.85. The molecule has 1 amide bonds. The molecule has 0 spiro atoms. The second-order valence-corrected chi connectivity index (χ2v) is 7.97. The van der Waals surface area contributed by atoms with Crippen molar-refractivity contribution in [1.82, 2.24) is 4.98 Å². The Hall–Kier alpha value is -2.11. The highest BCUT2D eigenvalue weighted by atomic mass is 32.2. The molecule has 3 nitrogen and oxygen atoms in total. The monoisotopic (exact) mass is 368 g/mol. The summed E-state index contributed by atoms with van der Waals surface area (Å²) in [6.07, 6.45) is 0. The van der Waals surface area contributed by atoms with Crippen LogP contribution in [-0.2, 0) is 0 Å². The van der Waals surface area contributed by atoms with E-state index in [9.17, 15) is 4.79 Å². The molecule has 1 N–H and O–H groups in total. The van der Waals surface area contributed by atoms with Gasteiger partial charge in [0.05, 0.1) is 5.69 Å². The van der Waals surface area contributed by atoms with E-state index in [0.717, 1.165) is 21.9 Å². The van der Waals surface area contributed by atoms with Crippen molar-refractivity contribution in [3.05, 3.63) is 64.5 Å². The number of amides is 1. The molecule has 0 atom stereocenters. The summed E-state index contributed by atoms with van der Waals surface area (Å²) < 4.78 is 0. The van der Waals surface area contributed by atoms with Gasteiger partial charge in [-0.15, -0.1) is 23.1 Å². The molecule has 25 heavy (non-hydrogen) atoms. The molecule has 5 heteroatoms. The molecule has 128 valence electrons. The van der Waals surface area contributed by atoms with Crippen LogP contribution >= 0.6 is 23.1 Å². The van der Waals surface area contributed by atoms with Crippen LogP contribution in [-0.4, -0.2) is 16.6 Å². The Bertz CT molecular complexity index is 902. The fourth-order valence-electron chi connectivity index (χ4n) is 2.62. The van der Waals surface area contributed by atoms with Crippen LogP contribution < -0.4 is 5.32 Å². The maximum absolute atomic E-state index is 12.5. The van der Waals surface area contributed by atoms with Gasteiger partial charge in [0.2, 0.25) is 0 Å². The van der Waals surface area contributed by atoms with Crippen LogP contribution in [0.25, 0.3) is 11.3 Å². The van der Waals surface area contributed by atoms with Gasteiger partial charge in [-0.3, -0.25) is 10.1 Å². The van der Waals surface area contributed by atoms with Gasteiger partial charge in [0.25, 0.3) is 5.91 Å². The highest BCUT2D eigenvalue weighted by Crippen LogP contribution is 2.28. The van der Waals surface area contributed by atoms with Gasteiger partial charge in [-0.25, -0.2) is 4.98 Å². The molecule has 0 aliphatic carbocycles. The van der Waals surface area contributed by atoms with Crippen molar-refractivity contribution in [1.29, 1.82) is 0 Å². The van der Waals surface area contributed by atoms with Crippen molar-refractivity contribution in [3.63, 3.8) is 0 Å². The van der Waals surface area contributed by atoms with Crippen molar-refractivity contribution < 1.29 is 4.79 Å². The first kappa shape index (κ1) is 17.7. The van der Waals surface area contributed by atoms with E-state index in [1.54, 1.807) is 11.8 Å². The maximum Gasteiger partial charge on any atom is 0.257 e. The van der Waals surface area contributed by atoms with Crippen molar-refractivity contribution in [2.45, 2.75) is 25.7 Å². The Labute approximate surface area is 156 Å². The quantitative estimate of drug-likeness (QED) is 0.579. The number of carbonyl (C=O) groups is 1. The van der Waals surface area contributed by atoms with E-state index < -0.39 is 0 Å². The molecule has 0 saturated heterocycles. The van der Waals surface area contributed by atoms with E-state index in [1.807, 2.05) is 29.6 Å². The lowest BCUT2D eigenvalue weighted by molar-refractivity contribution is 0.102. The van der Waals surface area contributed by atoms with Crippen molar-refractivity contribution >= 4 is 34.1 Å². The van der Waals surface area contributed by atoms with Crippen molar-refractivity contribution in [2.24, 2.45) is 0 Å². The largest absolute Gasteiger partial charge is 0.298 e. The number of thiazole rings is 1. The van der Waals surface area contributed by atoms with Gasteiger partial charge in [0.15, 0.2) is 5.13 Å². The minimum Gasteiger partial charge on any atom is -0.298 e. The van der Waals surface area contributed by atoms with E-state index in [1.165, 1.54) is 22.5 Å². The fraction of sp³-hybridized carbons (Fsp3) is 0.200. The van der Waals surface area contributed by atoms with Crippen LogP contribution in [0.3, 0.4) is 0 Å². The third kappa shape index (κ3) is 4.30. The van der Waals surface area contributed by atoms with Crippen molar-refractivity contribution in [3.8, 4) is 11.3 Å². The summed E-state index contributed by atoms with van der Waals surface area (Å²) >= 11 is 3.17. The molecule has 2 aromatic carbocycles. The van der Waals surface area contributed by atoms with Gasteiger partial charge in [0, 0.05) is 21.4 Å². The van der Waals surface area contributed by atoms with Gasteiger partial charge in [-0.05, 0) is 43.4 Å². The van der Waals surface area contributed by atoms with Gasteiger partial charge < -0.3 is 0 Å². The number of carbonyl (C=O) groups excluding carboxylic acids is 1. The highest BCUT2D eigenvalue weighted by molar-refractivity contribution is 7.99. The SMILES string of the molecule is CCSc1cccc(C(=O)Nc2nc(-c3ccc(C)cc3C)cs2)c1. The Balaban J connectivity index is 1.77. The summed E-state index contributed by atoms with van der Waals surface area (Å²) in [7, 11) is 0. The van der Waals surface area contributed by atoms with Gasteiger partial charge in [-0.1, -0.05) is 36.8 Å². The minimum atomic E-state index is -0.125. The first-order valence-electron chi connectivity index (χ1n) is 8.14. The Morgan fingerprint density at radius 3 is 2.80 bits per heavy atom. The van der Waals surface area contributed by atoms with Crippen LogP contribution in [0, 0.1) is 13.8 Å². The van der Waals surface area contributed by atoms with Crippen LogP contribution in [0.15, 0.2) is 52.7 Å². The van der Waals surface area contributed by atoms with Crippen LogP contribution in [0.2, 0.25) is 0 Å². The second-order valence-electron chi connectivity index (χ2n) is 5.77. The molecular weight excluding hydrogens is 348 g/mol. The number of benzene rings is 2. The highest BCUT2D eigenvalue weighted by Gasteiger charge is 2.11. The Morgan fingerprint density at radius 1 is 1.20 bits per heavy atom. The molecular formula is C20H20N2OS2. The van der Waals surface area contributed by atoms with E-state index in [2.05, 4.69) is 49.3 Å². The summed E-state index contributed by atoms with van der Waals surface area (Å²) in [5.74, 6) is 0.858. The summed E-state index contributed by atoms with van der Waals surface area (Å²) in [6, 6.07) is 14.0. The van der Waals surface area contributed by atoms with Crippen LogP contribution in [0.4, 0.5) is 5.13 Å². The predicted molar refractivity (Wildman–Crippen MR) is 108 cm³/mol. The number of thioether (sulfide) groups is 1. The first-order valence-corrected chi connectivity index (χ1v) is 10.0. The Morgan fingerprint density at radius 2 is 2.04 bits per heavy atom. The number of nitrogens with zero attached hydrogens (tertiary/aromatic N) is 1. The van der Waals surface area contributed by atoms with Crippen molar-refractivity contribution in [2.75, 3.05) is 11.1 Å². The summed E-state index contributed by atoms with van der Waals surface area (Å²) in [6.45, 7) is 6.26. The number of aryl methyl sites for hydroxylation is 2. The third-order valence-corrected chi connectivity index (χ3v) is 5.42. The number of hydrogen-bond acceptors (Lipinski definition) is 4. The topological polar surface area (TPSA) is 42.0 Å². The molecule has 0 fully saturated rings. The molecule has 0 saturated carbocycles. The molecule has 3 aromatic rings. The number of aromatic nitrogens is 1. The zero-order valence-corrected chi connectivity index (χ0v) is 16.1. The average Bonchev–Trinajstić information content (AvgIpc) is 3.03. The summed E-state index contributed by atoms with van der Waals surface area (Å²) in [5, 5.41) is 5.51. The minimum absolute atomic E-state index is 0.125. The molecule has 0 radical (unpaired) electrons. The zero-order valence-electron chi connectivity index (χ0n) is 14.5. The lowest BCUT2D eigenvalue weighted by Gasteiger charge is -2.05. The summed E-state index contributed by atoms with van der Waals surface area (Å²) in [4.78, 5) is 18.2. The number of anilines is 1. The van der Waals surface area contributed by atoms with Gasteiger partial charge >= 0.3 is 0 Å². The number of nitrogens with one attached hydrogen (secondary N) is 1. The summed E-state index contributed by atoms with van der Waals surface area (Å²) in [5.41, 5.74) is 5.07. The zero-order chi connectivity index (χ0) is 17.8. The lowest BCUT2D eigenvalue weighted by Crippen LogP contribution is -2.11. The first-order chi connectivity index (χ1) is 12.1. The molecule has 1 aromatic heterocycles. The van der Waals surface area contributed by atoms with Crippen LogP contribution in [0.1, 0.15) is 28.4 Å². The molecule has 3 rings (SSSR count). The molecule has 0 aliphatic heterocycles. The van der Waals surface area contributed by atoms with E-state index >= 15 is 0 Å². The normalized spacial score (nSPS) is 10.7. The smallest absolute Gasteiger partial charge is 0.257 e. The van der Waals surface area contributed by atoms with Crippen LogP contribution in [0.5, 0.6) is 0 Å². The standard InChI is InChI=1S/C20H20N2OS2/c1-4-24-16-7-5-6-15(11-16)19(23)22-20-21-18(12-25-20)17-9-8-13(2)10-14(17)3/h5-12H,4H2,1-3H3,(H,21,22,23). The Kier molecular flexibility index (Phi) is 5.56. The number of rotatable bonds is 5. The maximum atomic E-state index is 12.5. The molecule has 0 unspecified atom stereocenters. The van der Waals surface area contributed by atoms with E-state index in [0.29, 0.717) is 10.7 Å². The van der Waals surface area contributed by atoms with Gasteiger partial charge in [0.1, 0.15) is 0 Å². The molecule has 0 aliphatic rings. The molecule has 1 heterocycles. The fourth-order valence-corrected chi connectivity index (χ4v) is 4.04. The van der Waals surface area contributed by atoms with E-state index in [-0.39, 0.29) is 5.91 Å². The molecule has 0 bridgehead atoms. The predicted octanol–water partition coefficient (Wildman–Crippen LogP) is 5.79. The van der Waals surface area contributed by atoms with E-state index in [4.69, 9.17) is 0 Å². The average molecular weight is 369 g/mol. The third-order valence-electron chi connectivity index (χ3n) is 3.79. The number of hydrogen-bond donors (Lipinski definition) is 1.